The van der Waals surface area contributed by atoms with Crippen LogP contribution in [0.2, 0.25) is 0 Å². The number of nitrogens with zero attached hydrogens (tertiary/aromatic N) is 1. The number of nitrogens with one attached hydrogen (secondary N) is 1. The van der Waals surface area contributed by atoms with Crippen LogP contribution in [0.15, 0.2) is 65.3 Å². The fourth-order valence-electron chi connectivity index (χ4n) is 2.26. The first-order chi connectivity index (χ1) is 10.2. The third-order valence-electron chi connectivity index (χ3n) is 3.23. The predicted molar refractivity (Wildman–Crippen MR) is 88.2 cm³/mol. The summed E-state index contributed by atoms with van der Waals surface area (Å²) < 4.78 is 0.884. The second-order valence-electron chi connectivity index (χ2n) is 4.72. The lowest BCUT2D eigenvalue weighted by Gasteiger charge is -2.07. The first kappa shape index (κ1) is 13.8. The monoisotopic (exact) mass is 340 g/mol. The summed E-state index contributed by atoms with van der Waals surface area (Å²) in [6.45, 7) is 0. The summed E-state index contributed by atoms with van der Waals surface area (Å²) in [5.41, 5.74) is 1.02. The van der Waals surface area contributed by atoms with Crippen LogP contribution >= 0.6 is 15.9 Å². The summed E-state index contributed by atoms with van der Waals surface area (Å²) in [6.07, 6.45) is 1.99. The van der Waals surface area contributed by atoms with E-state index in [0.717, 1.165) is 20.8 Å². The number of amides is 1. The summed E-state index contributed by atoms with van der Waals surface area (Å²) in [4.78, 5) is 16.3. The number of anilines is 1. The summed E-state index contributed by atoms with van der Waals surface area (Å²) in [5.74, 6) is 0.490. The number of benzene rings is 2. The van der Waals surface area contributed by atoms with Crippen molar-refractivity contribution >= 4 is 38.4 Å². The largest absolute Gasteiger partial charge is 0.310 e. The number of carbonyl (C=O) groups is 1. The number of hydrogen-bond acceptors (Lipinski definition) is 2. The van der Waals surface area contributed by atoms with Crippen molar-refractivity contribution in [2.45, 2.75) is 6.42 Å². The average Bonchev–Trinajstić information content (AvgIpc) is 2.50. The Hall–Kier alpha value is -2.20. The standard InChI is InChI=1S/C17H13BrN2O/c18-14-8-9-16(19-11-14)20-17(21)10-13-6-3-5-12-4-1-2-7-15(12)13/h1-9,11H,10H2,(H,19,20,21). The molecule has 0 aliphatic heterocycles. The Kier molecular flexibility index (Phi) is 3.97. The highest BCUT2D eigenvalue weighted by Crippen LogP contribution is 2.19. The van der Waals surface area contributed by atoms with Gasteiger partial charge in [-0.05, 0) is 44.4 Å². The molecule has 4 heteroatoms. The number of aromatic nitrogens is 1. The molecule has 0 aliphatic carbocycles. The van der Waals surface area contributed by atoms with Gasteiger partial charge in [-0.3, -0.25) is 4.79 Å². The lowest BCUT2D eigenvalue weighted by atomic mass is 10.0. The van der Waals surface area contributed by atoms with Crippen molar-refractivity contribution in [2.24, 2.45) is 0 Å². The van der Waals surface area contributed by atoms with E-state index in [9.17, 15) is 4.79 Å². The molecule has 3 aromatic rings. The molecule has 0 spiro atoms. The van der Waals surface area contributed by atoms with Gasteiger partial charge < -0.3 is 5.32 Å². The molecular weight excluding hydrogens is 328 g/mol. The topological polar surface area (TPSA) is 42.0 Å². The van der Waals surface area contributed by atoms with E-state index in [1.165, 1.54) is 0 Å². The second kappa shape index (κ2) is 6.06. The molecule has 0 aliphatic rings. The van der Waals surface area contributed by atoms with Crippen molar-refractivity contribution in [3.63, 3.8) is 0 Å². The molecule has 1 N–H and O–H groups in total. The van der Waals surface area contributed by atoms with E-state index in [4.69, 9.17) is 0 Å². The second-order valence-corrected chi connectivity index (χ2v) is 5.64. The van der Waals surface area contributed by atoms with Crippen LogP contribution in [0.25, 0.3) is 10.8 Å². The molecule has 0 saturated heterocycles. The minimum absolute atomic E-state index is 0.0684. The predicted octanol–water partition coefficient (Wildman–Crippen LogP) is 4.18. The number of rotatable bonds is 3. The van der Waals surface area contributed by atoms with E-state index in [-0.39, 0.29) is 5.91 Å². The first-order valence-corrected chi connectivity index (χ1v) is 7.40. The van der Waals surface area contributed by atoms with E-state index < -0.39 is 0 Å². The fourth-order valence-corrected chi connectivity index (χ4v) is 2.49. The van der Waals surface area contributed by atoms with E-state index >= 15 is 0 Å². The number of fused-ring (bicyclic) bond motifs is 1. The summed E-state index contributed by atoms with van der Waals surface area (Å²) in [6, 6.07) is 17.7. The van der Waals surface area contributed by atoms with E-state index in [0.29, 0.717) is 12.2 Å². The highest BCUT2D eigenvalue weighted by atomic mass is 79.9. The van der Waals surface area contributed by atoms with E-state index in [1.807, 2.05) is 48.5 Å². The van der Waals surface area contributed by atoms with Crippen molar-refractivity contribution in [2.75, 3.05) is 5.32 Å². The van der Waals surface area contributed by atoms with Gasteiger partial charge in [0.25, 0.3) is 0 Å². The van der Waals surface area contributed by atoms with Gasteiger partial charge in [0, 0.05) is 10.7 Å². The maximum absolute atomic E-state index is 12.1. The molecule has 2 aromatic carbocycles. The maximum atomic E-state index is 12.1. The molecule has 0 fully saturated rings. The van der Waals surface area contributed by atoms with Gasteiger partial charge >= 0.3 is 0 Å². The number of carbonyl (C=O) groups excluding carboxylic acids is 1. The molecule has 0 bridgehead atoms. The molecule has 1 aromatic heterocycles. The lowest BCUT2D eigenvalue weighted by Crippen LogP contribution is -2.15. The third kappa shape index (κ3) is 3.28. The Balaban J connectivity index is 1.79. The van der Waals surface area contributed by atoms with Gasteiger partial charge in [-0.1, -0.05) is 42.5 Å². The number of hydrogen-bond donors (Lipinski definition) is 1. The zero-order valence-corrected chi connectivity index (χ0v) is 12.8. The quantitative estimate of drug-likeness (QED) is 0.777. The molecule has 0 unspecified atom stereocenters. The highest BCUT2D eigenvalue weighted by Gasteiger charge is 2.07. The van der Waals surface area contributed by atoms with Crippen molar-refractivity contribution in [3.8, 4) is 0 Å². The maximum Gasteiger partial charge on any atom is 0.229 e. The SMILES string of the molecule is O=C(Cc1cccc2ccccc12)Nc1ccc(Br)cn1. The van der Waals surface area contributed by atoms with Gasteiger partial charge in [0.1, 0.15) is 5.82 Å². The smallest absolute Gasteiger partial charge is 0.229 e. The Morgan fingerprint density at radius 1 is 1.05 bits per heavy atom. The molecule has 0 saturated carbocycles. The van der Waals surface area contributed by atoms with Gasteiger partial charge in [-0.2, -0.15) is 0 Å². The average molecular weight is 341 g/mol. The minimum atomic E-state index is -0.0684. The lowest BCUT2D eigenvalue weighted by molar-refractivity contribution is -0.115. The van der Waals surface area contributed by atoms with Crippen LogP contribution in [0.1, 0.15) is 5.56 Å². The Morgan fingerprint density at radius 2 is 1.86 bits per heavy atom. The normalized spacial score (nSPS) is 10.5. The molecule has 1 heterocycles. The highest BCUT2D eigenvalue weighted by molar-refractivity contribution is 9.10. The van der Waals surface area contributed by atoms with Crippen LogP contribution in [0.4, 0.5) is 5.82 Å². The van der Waals surface area contributed by atoms with Gasteiger partial charge in [-0.25, -0.2) is 4.98 Å². The van der Waals surface area contributed by atoms with Crippen LogP contribution in [-0.4, -0.2) is 10.9 Å². The zero-order chi connectivity index (χ0) is 14.7. The van der Waals surface area contributed by atoms with E-state index in [2.05, 4.69) is 26.2 Å². The Bertz CT molecular complexity index is 779. The van der Waals surface area contributed by atoms with Gasteiger partial charge in [-0.15, -0.1) is 0 Å². The summed E-state index contributed by atoms with van der Waals surface area (Å²) in [5, 5.41) is 5.06. The van der Waals surface area contributed by atoms with Crippen LogP contribution in [0.3, 0.4) is 0 Å². The van der Waals surface area contributed by atoms with Crippen LogP contribution in [0.5, 0.6) is 0 Å². The Labute approximate surface area is 131 Å². The van der Waals surface area contributed by atoms with Crippen molar-refractivity contribution in [3.05, 3.63) is 70.8 Å². The van der Waals surface area contributed by atoms with Crippen molar-refractivity contribution in [1.82, 2.24) is 4.98 Å². The molecule has 0 atom stereocenters. The summed E-state index contributed by atoms with van der Waals surface area (Å²) >= 11 is 3.32. The molecule has 21 heavy (non-hydrogen) atoms. The molecule has 0 radical (unpaired) electrons. The number of pyridine rings is 1. The van der Waals surface area contributed by atoms with Gasteiger partial charge in [0.05, 0.1) is 6.42 Å². The van der Waals surface area contributed by atoms with Crippen LogP contribution < -0.4 is 5.32 Å². The molecule has 3 rings (SSSR count). The number of halogens is 1. The third-order valence-corrected chi connectivity index (χ3v) is 3.69. The van der Waals surface area contributed by atoms with Crippen molar-refractivity contribution < 1.29 is 4.79 Å². The molecule has 3 nitrogen and oxygen atoms in total. The van der Waals surface area contributed by atoms with Crippen LogP contribution in [0, 0.1) is 0 Å². The van der Waals surface area contributed by atoms with Gasteiger partial charge in [0.2, 0.25) is 5.91 Å². The zero-order valence-electron chi connectivity index (χ0n) is 11.2. The Morgan fingerprint density at radius 3 is 2.67 bits per heavy atom. The van der Waals surface area contributed by atoms with E-state index in [1.54, 1.807) is 12.3 Å². The molecule has 104 valence electrons. The minimum Gasteiger partial charge on any atom is -0.310 e. The fraction of sp³-hybridized carbons (Fsp3) is 0.0588. The van der Waals surface area contributed by atoms with Crippen LogP contribution in [-0.2, 0) is 11.2 Å². The molecule has 1 amide bonds. The van der Waals surface area contributed by atoms with Crippen molar-refractivity contribution in [1.29, 1.82) is 0 Å². The summed E-state index contributed by atoms with van der Waals surface area (Å²) in [7, 11) is 0. The first-order valence-electron chi connectivity index (χ1n) is 6.60. The van der Waals surface area contributed by atoms with Gasteiger partial charge in [0.15, 0.2) is 0 Å². The molecular formula is C17H13BrN2O.